The van der Waals surface area contributed by atoms with Crippen LogP contribution in [0.3, 0.4) is 0 Å². The largest absolute Gasteiger partial charge is 0.508 e. The van der Waals surface area contributed by atoms with E-state index in [1.807, 2.05) is 30.3 Å². The number of aromatic nitrogens is 2. The monoisotopic (exact) mass is 412 g/mol. The van der Waals surface area contributed by atoms with Gasteiger partial charge in [-0.25, -0.2) is 0 Å². The quantitative estimate of drug-likeness (QED) is 0.443. The molecule has 2 heterocycles. The topological polar surface area (TPSA) is 98.6 Å². The van der Waals surface area contributed by atoms with Gasteiger partial charge in [0.05, 0.1) is 10.9 Å². The summed E-state index contributed by atoms with van der Waals surface area (Å²) >= 11 is 0. The fourth-order valence-corrected chi connectivity index (χ4v) is 3.20. The third-order valence-electron chi connectivity index (χ3n) is 4.78. The number of aromatic hydroxyl groups is 1. The number of hydrogen-bond donors (Lipinski definition) is 1. The van der Waals surface area contributed by atoms with Crippen LogP contribution in [0.2, 0.25) is 0 Å². The Bertz CT molecular complexity index is 1410. The van der Waals surface area contributed by atoms with E-state index in [-0.39, 0.29) is 17.8 Å². The molecule has 0 aliphatic rings. The van der Waals surface area contributed by atoms with E-state index in [1.165, 1.54) is 18.4 Å². The van der Waals surface area contributed by atoms with Crippen LogP contribution in [0.5, 0.6) is 11.5 Å². The second kappa shape index (κ2) is 7.79. The van der Waals surface area contributed by atoms with Crippen LogP contribution in [0.4, 0.5) is 0 Å². The number of rotatable bonds is 5. The second-order valence-corrected chi connectivity index (χ2v) is 6.85. The summed E-state index contributed by atoms with van der Waals surface area (Å²) in [6, 6.07) is 20.9. The van der Waals surface area contributed by atoms with E-state index < -0.39 is 0 Å². The summed E-state index contributed by atoms with van der Waals surface area (Å²) in [5.74, 6) is 1.47. The molecule has 7 heteroatoms. The molecule has 0 aliphatic heterocycles. The Kier molecular flexibility index (Phi) is 4.68. The first-order valence-electron chi connectivity index (χ1n) is 9.53. The molecule has 5 aromatic rings. The molecule has 0 unspecified atom stereocenters. The third kappa shape index (κ3) is 3.76. The van der Waals surface area contributed by atoms with Gasteiger partial charge in [-0.15, -0.1) is 0 Å². The summed E-state index contributed by atoms with van der Waals surface area (Å²) in [5, 5.41) is 13.8. The second-order valence-electron chi connectivity index (χ2n) is 6.85. The fraction of sp³-hybridized carbons (Fsp3) is 0.0417. The molecule has 0 aliphatic carbocycles. The maximum absolute atomic E-state index is 12.8. The van der Waals surface area contributed by atoms with E-state index >= 15 is 0 Å². The maximum atomic E-state index is 12.8. The van der Waals surface area contributed by atoms with Gasteiger partial charge in [0.15, 0.2) is 12.0 Å². The van der Waals surface area contributed by atoms with E-state index in [4.69, 9.17) is 13.7 Å². The van der Waals surface area contributed by atoms with Crippen LogP contribution in [0.1, 0.15) is 5.82 Å². The van der Waals surface area contributed by atoms with E-state index in [9.17, 15) is 9.90 Å². The van der Waals surface area contributed by atoms with Gasteiger partial charge in [0.2, 0.25) is 5.82 Å². The zero-order valence-electron chi connectivity index (χ0n) is 16.2. The fourth-order valence-electron chi connectivity index (χ4n) is 3.20. The van der Waals surface area contributed by atoms with Gasteiger partial charge in [0.25, 0.3) is 5.89 Å². The van der Waals surface area contributed by atoms with Gasteiger partial charge < -0.3 is 18.8 Å². The Morgan fingerprint density at radius 1 is 0.935 bits per heavy atom. The molecule has 152 valence electrons. The molecule has 2 aromatic heterocycles. The molecule has 31 heavy (non-hydrogen) atoms. The highest BCUT2D eigenvalue weighted by molar-refractivity contribution is 5.82. The molecule has 5 rings (SSSR count). The molecule has 0 bridgehead atoms. The molecule has 0 fully saturated rings. The first kappa shape index (κ1) is 18.6. The molecule has 1 N–H and O–H groups in total. The van der Waals surface area contributed by atoms with Crippen molar-refractivity contribution in [1.82, 2.24) is 10.1 Å². The van der Waals surface area contributed by atoms with Gasteiger partial charge in [-0.05, 0) is 42.0 Å². The minimum Gasteiger partial charge on any atom is -0.508 e. The molecule has 0 amide bonds. The predicted molar refractivity (Wildman–Crippen MR) is 114 cm³/mol. The Morgan fingerprint density at radius 3 is 2.55 bits per heavy atom. The van der Waals surface area contributed by atoms with Crippen LogP contribution in [-0.4, -0.2) is 15.2 Å². The third-order valence-corrected chi connectivity index (χ3v) is 4.78. The Balaban J connectivity index is 1.36. The van der Waals surface area contributed by atoms with Crippen molar-refractivity contribution in [3.05, 3.63) is 95.1 Å². The van der Waals surface area contributed by atoms with E-state index in [2.05, 4.69) is 10.1 Å². The number of fused-ring (bicyclic) bond motifs is 1. The molecule has 0 saturated carbocycles. The van der Waals surface area contributed by atoms with Gasteiger partial charge in [-0.1, -0.05) is 35.5 Å². The van der Waals surface area contributed by atoms with Gasteiger partial charge in [-0.2, -0.15) is 4.98 Å². The first-order chi connectivity index (χ1) is 15.2. The highest BCUT2D eigenvalue weighted by Gasteiger charge is 2.12. The molecule has 7 nitrogen and oxygen atoms in total. The lowest BCUT2D eigenvalue weighted by Crippen LogP contribution is -2.05. The lowest BCUT2D eigenvalue weighted by molar-refractivity contribution is 0.287. The van der Waals surface area contributed by atoms with Gasteiger partial charge >= 0.3 is 0 Å². The van der Waals surface area contributed by atoms with E-state index in [0.29, 0.717) is 39.6 Å². The zero-order valence-corrected chi connectivity index (χ0v) is 16.2. The van der Waals surface area contributed by atoms with Crippen LogP contribution < -0.4 is 10.2 Å². The Morgan fingerprint density at radius 2 is 1.74 bits per heavy atom. The van der Waals surface area contributed by atoms with Crippen LogP contribution in [0.25, 0.3) is 33.6 Å². The SMILES string of the molecule is O=c1c(-c2ccc(O)cc2)coc2cc(OCc3noc(-c4ccccc4)n3)ccc12. The number of phenols is 1. The maximum Gasteiger partial charge on any atom is 0.258 e. The number of benzene rings is 3. The molecular formula is C24H16N2O5. The van der Waals surface area contributed by atoms with Crippen molar-refractivity contribution in [2.75, 3.05) is 0 Å². The minimum atomic E-state index is -0.163. The molecule has 0 saturated heterocycles. The van der Waals surface area contributed by atoms with Crippen molar-refractivity contribution in [1.29, 1.82) is 0 Å². The average Bonchev–Trinajstić information content (AvgIpc) is 3.28. The van der Waals surface area contributed by atoms with Gasteiger partial charge in [0.1, 0.15) is 23.3 Å². The summed E-state index contributed by atoms with van der Waals surface area (Å²) in [4.78, 5) is 17.2. The van der Waals surface area contributed by atoms with Crippen molar-refractivity contribution in [2.24, 2.45) is 0 Å². The van der Waals surface area contributed by atoms with Crippen molar-refractivity contribution in [3.63, 3.8) is 0 Å². The molecular weight excluding hydrogens is 396 g/mol. The zero-order chi connectivity index (χ0) is 21.2. The normalized spacial score (nSPS) is 11.0. The predicted octanol–water partition coefficient (Wildman–Crippen LogP) is 4.79. The molecule has 3 aromatic carbocycles. The Labute approximate surface area is 176 Å². The standard InChI is InChI=1S/C24H16N2O5/c27-17-8-6-15(7-9-17)20-13-30-21-12-18(10-11-19(21)23(20)28)29-14-22-25-24(31-26-22)16-4-2-1-3-5-16/h1-13,27H,14H2. The summed E-state index contributed by atoms with van der Waals surface area (Å²) < 4.78 is 16.7. The van der Waals surface area contributed by atoms with Gasteiger partial charge in [-0.3, -0.25) is 4.79 Å². The van der Waals surface area contributed by atoms with Crippen LogP contribution in [0.15, 0.2) is 92.8 Å². The highest BCUT2D eigenvalue weighted by atomic mass is 16.5. The number of nitrogens with zero attached hydrogens (tertiary/aromatic N) is 2. The number of hydrogen-bond acceptors (Lipinski definition) is 7. The number of phenolic OH excluding ortho intramolecular Hbond substituents is 1. The van der Waals surface area contributed by atoms with Crippen LogP contribution in [-0.2, 0) is 6.61 Å². The van der Waals surface area contributed by atoms with Crippen LogP contribution in [0, 0.1) is 0 Å². The smallest absolute Gasteiger partial charge is 0.258 e. The number of ether oxygens (including phenoxy) is 1. The minimum absolute atomic E-state index is 0.109. The van der Waals surface area contributed by atoms with Crippen molar-refractivity contribution in [2.45, 2.75) is 6.61 Å². The van der Waals surface area contributed by atoms with Crippen molar-refractivity contribution >= 4 is 11.0 Å². The molecule has 0 atom stereocenters. The first-order valence-corrected chi connectivity index (χ1v) is 9.53. The summed E-state index contributed by atoms with van der Waals surface area (Å²) in [7, 11) is 0. The lowest BCUT2D eigenvalue weighted by Gasteiger charge is -2.06. The summed E-state index contributed by atoms with van der Waals surface area (Å²) in [6.45, 7) is 0.109. The Hall–Kier alpha value is -4.39. The summed E-state index contributed by atoms with van der Waals surface area (Å²) in [5.41, 5.74) is 2.16. The molecule has 0 radical (unpaired) electrons. The van der Waals surface area contributed by atoms with Crippen LogP contribution >= 0.6 is 0 Å². The van der Waals surface area contributed by atoms with E-state index in [0.717, 1.165) is 5.56 Å². The van der Waals surface area contributed by atoms with Crippen molar-refractivity contribution < 1.29 is 18.8 Å². The lowest BCUT2D eigenvalue weighted by atomic mass is 10.1. The summed E-state index contributed by atoms with van der Waals surface area (Å²) in [6.07, 6.45) is 1.41. The highest BCUT2D eigenvalue weighted by Crippen LogP contribution is 2.25. The van der Waals surface area contributed by atoms with E-state index in [1.54, 1.807) is 30.3 Å². The van der Waals surface area contributed by atoms with Crippen molar-refractivity contribution in [3.8, 4) is 34.1 Å². The molecule has 0 spiro atoms. The average molecular weight is 412 g/mol. The van der Waals surface area contributed by atoms with Gasteiger partial charge in [0, 0.05) is 11.6 Å².